The van der Waals surface area contributed by atoms with Crippen LogP contribution in [0, 0.1) is 0 Å². The first-order chi connectivity index (χ1) is 22.5. The summed E-state index contributed by atoms with van der Waals surface area (Å²) in [7, 11) is 0. The summed E-state index contributed by atoms with van der Waals surface area (Å²) in [6.07, 6.45) is 7.41. The third-order valence-corrected chi connectivity index (χ3v) is 10.5. The molecule has 0 unspecified atom stereocenters. The van der Waals surface area contributed by atoms with Crippen LogP contribution in [0.3, 0.4) is 0 Å². The largest absolute Gasteiger partial charge is 0.494 e. The quantitative estimate of drug-likeness (QED) is 0.234. The molecule has 3 fully saturated rings. The molecule has 0 atom stereocenters. The Morgan fingerprint density at radius 3 is 2.39 bits per heavy atom. The Balaban J connectivity index is 0.945. The van der Waals surface area contributed by atoms with Gasteiger partial charge in [-0.25, -0.2) is 4.79 Å². The van der Waals surface area contributed by atoms with Gasteiger partial charge in [0, 0.05) is 57.4 Å². The maximum absolute atomic E-state index is 12.9. The Labute approximate surface area is 281 Å². The number of unbranched alkanes of at least 4 members (excludes halogenated alkanes) is 1. The molecule has 11 heteroatoms. The number of fused-ring (bicyclic) bond motifs is 1. The molecule has 0 spiro atoms. The molecule has 0 N–H and O–H groups in total. The molecule has 1 aromatic heterocycles. The number of nitrogens with zero attached hydrogens (tertiary/aromatic N) is 5. The second kappa shape index (κ2) is 15.7. The average Bonchev–Trinajstić information content (AvgIpc) is 3.09. The highest BCUT2D eigenvalue weighted by Crippen LogP contribution is 2.33. The van der Waals surface area contributed by atoms with Crippen LogP contribution in [0.15, 0.2) is 53.3 Å². The van der Waals surface area contributed by atoms with Crippen LogP contribution in [0.25, 0.3) is 10.9 Å². The number of rotatable bonds is 10. The smallest absolute Gasteiger partial charge is 0.411 e. The Kier molecular flexibility index (Phi) is 11.3. The molecule has 0 aliphatic carbocycles. The van der Waals surface area contributed by atoms with Gasteiger partial charge in [-0.3, -0.25) is 14.3 Å². The van der Waals surface area contributed by atoms with Gasteiger partial charge in [0.1, 0.15) is 5.75 Å². The molecule has 1 amide bonds. The second-order valence-electron chi connectivity index (χ2n) is 12.6. The molecule has 0 bridgehead atoms. The van der Waals surface area contributed by atoms with E-state index >= 15 is 0 Å². The Bertz CT molecular complexity index is 1530. The number of hydrogen-bond donors (Lipinski definition) is 0. The summed E-state index contributed by atoms with van der Waals surface area (Å²) in [6.45, 7) is 9.00. The molecule has 9 nitrogen and oxygen atoms in total. The molecule has 3 saturated heterocycles. The lowest BCUT2D eigenvalue weighted by Gasteiger charge is -2.39. The number of piperidine rings is 2. The number of piperazine rings is 1. The number of halogens is 2. The Hall–Kier alpha value is -2.98. The van der Waals surface area contributed by atoms with Crippen molar-refractivity contribution in [1.82, 2.24) is 19.3 Å². The van der Waals surface area contributed by atoms with E-state index in [1.807, 2.05) is 36.4 Å². The van der Waals surface area contributed by atoms with Gasteiger partial charge in [0.25, 0.3) is 5.56 Å². The van der Waals surface area contributed by atoms with Crippen molar-refractivity contribution in [2.45, 2.75) is 57.7 Å². The number of aromatic nitrogens is 1. The molecule has 3 aliphatic heterocycles. The highest BCUT2D eigenvalue weighted by Gasteiger charge is 2.28. The van der Waals surface area contributed by atoms with E-state index in [0.29, 0.717) is 47.0 Å². The third-order valence-electron chi connectivity index (χ3n) is 9.69. The number of carbonyl (C=O) groups is 1. The Morgan fingerprint density at radius 2 is 1.61 bits per heavy atom. The lowest BCUT2D eigenvalue weighted by Crippen LogP contribution is -2.48. The van der Waals surface area contributed by atoms with E-state index in [0.717, 1.165) is 69.5 Å². The van der Waals surface area contributed by atoms with Crippen LogP contribution in [0.5, 0.6) is 5.75 Å². The molecule has 248 valence electrons. The SMILES string of the molecule is O=C(OCn1c(=O)ccc2ccc(OCCCCN3CCN(c4cccc(Cl)c4Cl)CC3)cc21)N1CCC(N2CCCCC2)CC1. The van der Waals surface area contributed by atoms with Crippen molar-refractivity contribution in [3.05, 3.63) is 68.9 Å². The topological polar surface area (TPSA) is 70.5 Å². The zero-order valence-corrected chi connectivity index (χ0v) is 28.1. The van der Waals surface area contributed by atoms with Gasteiger partial charge in [-0.2, -0.15) is 0 Å². The maximum atomic E-state index is 12.9. The molecule has 6 rings (SSSR count). The number of ether oxygens (including phenoxy) is 2. The highest BCUT2D eigenvalue weighted by atomic mass is 35.5. The van der Waals surface area contributed by atoms with E-state index < -0.39 is 0 Å². The fraction of sp³-hybridized carbons (Fsp3) is 0.543. The molecular weight excluding hydrogens is 625 g/mol. The van der Waals surface area contributed by atoms with Crippen molar-refractivity contribution in [2.75, 3.05) is 70.4 Å². The van der Waals surface area contributed by atoms with Crippen molar-refractivity contribution < 1.29 is 14.3 Å². The number of carbonyl (C=O) groups excluding carboxylic acids is 1. The number of amides is 1. The van der Waals surface area contributed by atoms with Crippen molar-refractivity contribution >= 4 is 45.9 Å². The molecule has 2 aromatic carbocycles. The number of anilines is 1. The van der Waals surface area contributed by atoms with E-state index in [1.165, 1.54) is 43.0 Å². The molecule has 3 aliphatic rings. The molecule has 0 radical (unpaired) electrons. The summed E-state index contributed by atoms with van der Waals surface area (Å²) >= 11 is 12.6. The fourth-order valence-electron chi connectivity index (χ4n) is 6.98. The summed E-state index contributed by atoms with van der Waals surface area (Å²) in [5.41, 5.74) is 1.49. The summed E-state index contributed by atoms with van der Waals surface area (Å²) in [5.74, 6) is 0.699. The zero-order valence-electron chi connectivity index (χ0n) is 26.5. The first-order valence-electron chi connectivity index (χ1n) is 16.8. The van der Waals surface area contributed by atoms with Crippen LogP contribution >= 0.6 is 23.2 Å². The second-order valence-corrected chi connectivity index (χ2v) is 13.4. The molecule has 3 aromatic rings. The summed E-state index contributed by atoms with van der Waals surface area (Å²) in [5, 5.41) is 2.11. The maximum Gasteiger partial charge on any atom is 0.411 e. The minimum Gasteiger partial charge on any atom is -0.494 e. The number of pyridine rings is 1. The van der Waals surface area contributed by atoms with Gasteiger partial charge in [-0.05, 0) is 93.9 Å². The van der Waals surface area contributed by atoms with E-state index in [4.69, 9.17) is 32.7 Å². The fourth-order valence-corrected chi connectivity index (χ4v) is 7.39. The van der Waals surface area contributed by atoms with Crippen molar-refractivity contribution in [2.24, 2.45) is 0 Å². The average molecular weight is 671 g/mol. The van der Waals surface area contributed by atoms with Crippen LogP contribution in [-0.4, -0.2) is 96.9 Å². The van der Waals surface area contributed by atoms with Crippen molar-refractivity contribution in [3.8, 4) is 5.75 Å². The molecule has 46 heavy (non-hydrogen) atoms. The van der Waals surface area contributed by atoms with E-state index in [2.05, 4.69) is 14.7 Å². The van der Waals surface area contributed by atoms with Crippen LogP contribution in [-0.2, 0) is 11.5 Å². The normalized spacial score (nSPS) is 18.7. The molecular formula is C35H45Cl2N5O4. The first-order valence-corrected chi connectivity index (χ1v) is 17.6. The highest BCUT2D eigenvalue weighted by molar-refractivity contribution is 6.43. The van der Waals surface area contributed by atoms with Gasteiger partial charge in [-0.15, -0.1) is 0 Å². The van der Waals surface area contributed by atoms with Crippen LogP contribution in [0.2, 0.25) is 10.0 Å². The van der Waals surface area contributed by atoms with Crippen LogP contribution < -0.4 is 15.2 Å². The summed E-state index contributed by atoms with van der Waals surface area (Å²) in [4.78, 5) is 34.9. The van der Waals surface area contributed by atoms with Gasteiger partial charge in [0.15, 0.2) is 6.73 Å². The van der Waals surface area contributed by atoms with Gasteiger partial charge in [0.2, 0.25) is 0 Å². The van der Waals surface area contributed by atoms with Gasteiger partial charge >= 0.3 is 6.09 Å². The number of likely N-dealkylation sites (tertiary alicyclic amines) is 2. The van der Waals surface area contributed by atoms with Crippen LogP contribution in [0.4, 0.5) is 10.5 Å². The van der Waals surface area contributed by atoms with E-state index in [1.54, 1.807) is 11.0 Å². The van der Waals surface area contributed by atoms with Gasteiger partial charge < -0.3 is 24.2 Å². The number of benzene rings is 2. The molecule has 4 heterocycles. The van der Waals surface area contributed by atoms with Crippen LogP contribution in [0.1, 0.15) is 44.9 Å². The predicted molar refractivity (Wildman–Crippen MR) is 185 cm³/mol. The summed E-state index contributed by atoms with van der Waals surface area (Å²) < 4.78 is 13.3. The van der Waals surface area contributed by atoms with Crippen molar-refractivity contribution in [1.29, 1.82) is 0 Å². The minimum absolute atomic E-state index is 0.124. The molecule has 0 saturated carbocycles. The monoisotopic (exact) mass is 669 g/mol. The zero-order chi connectivity index (χ0) is 31.9. The number of hydrogen-bond acceptors (Lipinski definition) is 7. The first kappa shape index (κ1) is 32.9. The Morgan fingerprint density at radius 1 is 0.848 bits per heavy atom. The van der Waals surface area contributed by atoms with E-state index in [-0.39, 0.29) is 18.4 Å². The lowest BCUT2D eigenvalue weighted by molar-refractivity contribution is 0.0509. The van der Waals surface area contributed by atoms with Gasteiger partial charge in [-0.1, -0.05) is 35.7 Å². The standard InChI is InChI=1S/C35H45Cl2N5O4/c36-30-7-6-8-31(34(30)37)40-22-20-38(21-23-40)15-4-5-24-45-29-11-9-27-10-12-33(43)42(32(27)25-29)26-46-35(44)41-18-13-28(14-19-41)39-16-2-1-3-17-39/h6-12,25,28H,1-5,13-24,26H2. The summed E-state index contributed by atoms with van der Waals surface area (Å²) in [6, 6.07) is 15.4. The van der Waals surface area contributed by atoms with Crippen molar-refractivity contribution in [3.63, 3.8) is 0 Å². The van der Waals surface area contributed by atoms with Gasteiger partial charge in [0.05, 0.1) is 27.9 Å². The minimum atomic E-state index is -0.358. The lowest BCUT2D eigenvalue weighted by atomic mass is 10.0. The van der Waals surface area contributed by atoms with E-state index in [9.17, 15) is 9.59 Å². The predicted octanol–water partition coefficient (Wildman–Crippen LogP) is 6.33. The third kappa shape index (κ3) is 8.11.